The molecule has 0 aromatic rings. The van der Waals surface area contributed by atoms with E-state index in [4.69, 9.17) is 21.7 Å². The molecule has 4 amide bonds. The van der Waals surface area contributed by atoms with E-state index in [-0.39, 0.29) is 49.0 Å². The molecule has 0 radical (unpaired) electrons. The number of nitrogens with two attached hydrogens (primary N) is 2. The lowest BCUT2D eigenvalue weighted by Gasteiger charge is -2.17. The number of nitrogens with one attached hydrogen (secondary N) is 4. The summed E-state index contributed by atoms with van der Waals surface area (Å²) in [6.45, 7) is -1.16. The third-order valence-corrected chi connectivity index (χ3v) is 6.18. The molecule has 0 aliphatic heterocycles. The molecule has 0 fully saturated rings. The van der Waals surface area contributed by atoms with Crippen LogP contribution in [-0.4, -0.2) is 105 Å². The van der Waals surface area contributed by atoms with E-state index in [1.165, 1.54) is 0 Å². The standard InChI is InChI=1S/C20H32N6O10S3/c21-9(19(33)34)1-3-13(27)25-11(7-37)17(31)23-5-15(29)39-16(30)6-24-18(32)12(8-38)26-14(28)4-2-10(22)20(35)36/h9-12,37-38H,1-8,21-22H2,(H,23,31)(H,24,32)(H,25,27)(H,26,28)(H,33,34)(H,35,36). The summed E-state index contributed by atoms with van der Waals surface area (Å²) >= 11 is 8.12. The van der Waals surface area contributed by atoms with Gasteiger partial charge in [-0.3, -0.25) is 38.4 Å². The summed E-state index contributed by atoms with van der Waals surface area (Å²) in [6, 6.07) is -4.76. The van der Waals surface area contributed by atoms with Gasteiger partial charge in [-0.2, -0.15) is 25.3 Å². The van der Waals surface area contributed by atoms with Gasteiger partial charge < -0.3 is 42.9 Å². The molecule has 0 rings (SSSR count). The molecule has 16 nitrogen and oxygen atoms in total. The second kappa shape index (κ2) is 19.2. The predicted octanol–water partition coefficient (Wildman–Crippen LogP) is -3.78. The predicted molar refractivity (Wildman–Crippen MR) is 145 cm³/mol. The van der Waals surface area contributed by atoms with E-state index in [0.717, 1.165) is 0 Å². The van der Waals surface area contributed by atoms with Gasteiger partial charge >= 0.3 is 11.9 Å². The number of amides is 4. The van der Waals surface area contributed by atoms with Gasteiger partial charge in [-0.1, -0.05) is 0 Å². The van der Waals surface area contributed by atoms with Crippen molar-refractivity contribution in [3.63, 3.8) is 0 Å². The van der Waals surface area contributed by atoms with Crippen molar-refractivity contribution in [2.75, 3.05) is 24.6 Å². The summed E-state index contributed by atoms with van der Waals surface area (Å²) in [5.41, 5.74) is 10.6. The Labute approximate surface area is 238 Å². The Bertz CT molecular complexity index is 866. The highest BCUT2D eigenvalue weighted by atomic mass is 32.2. The zero-order valence-electron chi connectivity index (χ0n) is 20.6. The normalized spacial score (nSPS) is 13.6. The molecule has 0 saturated heterocycles. The van der Waals surface area contributed by atoms with E-state index in [0.29, 0.717) is 0 Å². The first kappa shape index (κ1) is 36.1. The van der Waals surface area contributed by atoms with Crippen molar-refractivity contribution in [2.24, 2.45) is 11.5 Å². The lowest BCUT2D eigenvalue weighted by Crippen LogP contribution is -2.49. The zero-order chi connectivity index (χ0) is 30.1. The Morgan fingerprint density at radius 3 is 1.28 bits per heavy atom. The third kappa shape index (κ3) is 16.0. The average Bonchev–Trinajstić information content (AvgIpc) is 2.88. The number of aliphatic carboxylic acids is 2. The molecule has 10 N–H and O–H groups in total. The van der Waals surface area contributed by atoms with Gasteiger partial charge in [-0.15, -0.1) is 0 Å². The van der Waals surface area contributed by atoms with E-state index < -0.39 is 83.1 Å². The molecule has 19 heteroatoms. The maximum Gasteiger partial charge on any atom is 0.320 e. The smallest absolute Gasteiger partial charge is 0.320 e. The Morgan fingerprint density at radius 2 is 1.00 bits per heavy atom. The highest BCUT2D eigenvalue weighted by Gasteiger charge is 2.23. The molecule has 0 aliphatic rings. The maximum absolute atomic E-state index is 12.2. The number of thioether (sulfide) groups is 1. The molecule has 0 saturated carbocycles. The van der Waals surface area contributed by atoms with Crippen molar-refractivity contribution in [2.45, 2.75) is 49.9 Å². The SMILES string of the molecule is NC(CCC(=O)NC(CS)C(=O)NCC(=O)SC(=O)CNC(=O)C(CS)NC(=O)CCC(N)C(=O)O)C(=O)O. The highest BCUT2D eigenvalue weighted by molar-refractivity contribution is 8.26. The van der Waals surface area contributed by atoms with Crippen LogP contribution in [-0.2, 0) is 38.4 Å². The van der Waals surface area contributed by atoms with Crippen LogP contribution in [0.4, 0.5) is 0 Å². The average molecular weight is 613 g/mol. The molecule has 0 aromatic carbocycles. The van der Waals surface area contributed by atoms with E-state index in [1.807, 2.05) is 0 Å². The zero-order valence-corrected chi connectivity index (χ0v) is 23.2. The van der Waals surface area contributed by atoms with E-state index in [9.17, 15) is 38.4 Å². The minimum absolute atomic E-state index is 0.135. The van der Waals surface area contributed by atoms with Crippen LogP contribution >= 0.6 is 37.0 Å². The molecule has 39 heavy (non-hydrogen) atoms. The lowest BCUT2D eigenvalue weighted by molar-refractivity contribution is -0.140. The van der Waals surface area contributed by atoms with E-state index in [2.05, 4.69) is 46.5 Å². The van der Waals surface area contributed by atoms with Gasteiger partial charge in [0.25, 0.3) is 0 Å². The van der Waals surface area contributed by atoms with Crippen LogP contribution in [0.3, 0.4) is 0 Å². The van der Waals surface area contributed by atoms with Crippen molar-refractivity contribution in [1.29, 1.82) is 0 Å². The van der Waals surface area contributed by atoms with Crippen molar-refractivity contribution in [1.82, 2.24) is 21.3 Å². The van der Waals surface area contributed by atoms with Crippen LogP contribution in [0.1, 0.15) is 25.7 Å². The first-order chi connectivity index (χ1) is 18.2. The minimum Gasteiger partial charge on any atom is -0.480 e. The van der Waals surface area contributed by atoms with Crippen molar-refractivity contribution >= 4 is 82.8 Å². The number of carbonyl (C=O) groups excluding carboxylic acids is 6. The van der Waals surface area contributed by atoms with Crippen molar-refractivity contribution < 1.29 is 48.6 Å². The van der Waals surface area contributed by atoms with Crippen LogP contribution in [0.2, 0.25) is 0 Å². The topological polar surface area (TPSA) is 277 Å². The highest BCUT2D eigenvalue weighted by Crippen LogP contribution is 2.04. The minimum atomic E-state index is -1.28. The lowest BCUT2D eigenvalue weighted by atomic mass is 10.1. The maximum atomic E-state index is 12.2. The summed E-state index contributed by atoms with van der Waals surface area (Å²) in [4.78, 5) is 93.6. The Morgan fingerprint density at radius 1 is 0.667 bits per heavy atom. The molecule has 0 aromatic heterocycles. The third-order valence-electron chi connectivity index (χ3n) is 4.71. The van der Waals surface area contributed by atoms with Crippen molar-refractivity contribution in [3.8, 4) is 0 Å². The van der Waals surface area contributed by atoms with Crippen LogP contribution in [0, 0.1) is 0 Å². The second-order valence-corrected chi connectivity index (χ2v) is 9.70. The Hall–Kier alpha value is -2.87. The number of carboxylic acid groups (broad SMARTS) is 2. The molecule has 0 heterocycles. The number of rotatable bonds is 18. The molecular formula is C20H32N6O10S3. The molecule has 4 unspecified atom stereocenters. The van der Waals surface area contributed by atoms with Gasteiger partial charge in [0.15, 0.2) is 0 Å². The summed E-state index contributed by atoms with van der Waals surface area (Å²) < 4.78 is 0. The van der Waals surface area contributed by atoms with E-state index >= 15 is 0 Å². The van der Waals surface area contributed by atoms with Gasteiger partial charge in [0.1, 0.15) is 24.2 Å². The quantitative estimate of drug-likeness (QED) is 0.0666. The largest absolute Gasteiger partial charge is 0.480 e. The van der Waals surface area contributed by atoms with Crippen LogP contribution in [0.25, 0.3) is 0 Å². The van der Waals surface area contributed by atoms with Gasteiger partial charge in [0.05, 0.1) is 13.1 Å². The number of carboxylic acids is 2. The molecule has 0 aliphatic carbocycles. The van der Waals surface area contributed by atoms with Crippen LogP contribution in [0.15, 0.2) is 0 Å². The molecule has 4 atom stereocenters. The fourth-order valence-electron chi connectivity index (χ4n) is 2.51. The summed E-state index contributed by atoms with van der Waals surface area (Å²) in [5.74, 6) is -5.66. The molecular weight excluding hydrogens is 580 g/mol. The molecule has 0 bridgehead atoms. The molecule has 220 valence electrons. The summed E-state index contributed by atoms with van der Waals surface area (Å²) in [5, 5.41) is 25.0. The number of hydrogen-bond acceptors (Lipinski definition) is 13. The van der Waals surface area contributed by atoms with Crippen LogP contribution in [0.5, 0.6) is 0 Å². The van der Waals surface area contributed by atoms with Crippen molar-refractivity contribution in [3.05, 3.63) is 0 Å². The molecule has 0 spiro atoms. The first-order valence-electron chi connectivity index (χ1n) is 11.3. The van der Waals surface area contributed by atoms with Gasteiger partial charge in [-0.05, 0) is 24.6 Å². The fraction of sp³-hybridized carbons (Fsp3) is 0.600. The number of carbonyl (C=O) groups is 8. The van der Waals surface area contributed by atoms with Gasteiger partial charge in [0.2, 0.25) is 33.9 Å². The fourth-order valence-corrected chi connectivity index (χ4v) is 3.56. The number of hydrogen-bond donors (Lipinski definition) is 10. The summed E-state index contributed by atoms with van der Waals surface area (Å²) in [7, 11) is 0. The van der Waals surface area contributed by atoms with E-state index in [1.54, 1.807) is 0 Å². The van der Waals surface area contributed by atoms with Gasteiger partial charge in [0, 0.05) is 24.3 Å². The van der Waals surface area contributed by atoms with Crippen LogP contribution < -0.4 is 32.7 Å². The second-order valence-electron chi connectivity index (χ2n) is 7.85. The number of thiol groups is 2. The van der Waals surface area contributed by atoms with Gasteiger partial charge in [-0.25, -0.2) is 0 Å². The Balaban J connectivity index is 4.49. The monoisotopic (exact) mass is 612 g/mol. The first-order valence-corrected chi connectivity index (χ1v) is 13.4. The Kier molecular flexibility index (Phi) is 17.8. The summed E-state index contributed by atoms with van der Waals surface area (Å²) in [6.07, 6.45) is -0.815.